The second-order valence-corrected chi connectivity index (χ2v) is 6.38. The molecule has 0 unspecified atom stereocenters. The molecule has 10 heteroatoms. The molecular formula is C18H21F2N3O5. The van der Waals surface area contributed by atoms with Crippen molar-refractivity contribution in [3.63, 3.8) is 0 Å². The maximum absolute atomic E-state index is 12.8. The normalized spacial score (nSPS) is 20.8. The smallest absolute Gasteiger partial charge is 0.409 e. The van der Waals surface area contributed by atoms with Crippen molar-refractivity contribution in [1.82, 2.24) is 9.80 Å². The number of alkyl halides is 2. The lowest BCUT2D eigenvalue weighted by Crippen LogP contribution is -2.54. The molecule has 0 aliphatic carbocycles. The number of hydrogen-bond acceptors (Lipinski definition) is 6. The molecule has 0 bridgehead atoms. The number of hydrogen-bond donors (Lipinski definition) is 0. The molecular weight excluding hydrogens is 376 g/mol. The summed E-state index contributed by atoms with van der Waals surface area (Å²) in [5.41, 5.74) is 0.310. The fraction of sp³-hybridized carbons (Fsp3) is 0.500. The zero-order chi connectivity index (χ0) is 20.3. The fourth-order valence-electron chi connectivity index (χ4n) is 3.38. The van der Waals surface area contributed by atoms with Gasteiger partial charge in [0.05, 0.1) is 24.8 Å². The number of imide groups is 1. The molecule has 2 aliphatic rings. The van der Waals surface area contributed by atoms with E-state index in [1.807, 2.05) is 4.90 Å². The monoisotopic (exact) mass is 397 g/mol. The number of rotatable bonds is 5. The third-order valence-electron chi connectivity index (χ3n) is 4.72. The van der Waals surface area contributed by atoms with Gasteiger partial charge in [-0.05, 0) is 31.2 Å². The molecule has 0 radical (unpaired) electrons. The van der Waals surface area contributed by atoms with E-state index in [4.69, 9.17) is 4.74 Å². The molecule has 0 N–H and O–H groups in total. The summed E-state index contributed by atoms with van der Waals surface area (Å²) in [5, 5.41) is 0. The lowest BCUT2D eigenvalue weighted by atomic mass is 10.2. The zero-order valence-electron chi connectivity index (χ0n) is 15.3. The van der Waals surface area contributed by atoms with Crippen LogP contribution in [-0.4, -0.2) is 73.1 Å². The molecule has 8 nitrogen and oxygen atoms in total. The molecule has 2 heterocycles. The average Bonchev–Trinajstić information content (AvgIpc) is 2.97. The van der Waals surface area contributed by atoms with Crippen LogP contribution in [0.4, 0.5) is 19.3 Å². The molecule has 28 heavy (non-hydrogen) atoms. The van der Waals surface area contributed by atoms with Gasteiger partial charge in [0, 0.05) is 26.2 Å². The van der Waals surface area contributed by atoms with Gasteiger partial charge in [0.15, 0.2) is 0 Å². The first kappa shape index (κ1) is 20.0. The fourth-order valence-corrected chi connectivity index (χ4v) is 3.38. The standard InChI is InChI=1S/C18H21F2N3O5/c1-2-27-18(26)22-9-7-21(8-10-22)14-11-15(24)23(16(14)25)12-3-5-13(6-4-12)28-17(19)20/h3-6,14,17H,2,7-11H2,1H3/t14-/m0/s1. The van der Waals surface area contributed by atoms with Crippen molar-refractivity contribution in [2.45, 2.75) is 26.0 Å². The van der Waals surface area contributed by atoms with Crippen LogP contribution in [0.5, 0.6) is 5.75 Å². The Kier molecular flexibility index (Phi) is 6.08. The lowest BCUT2D eigenvalue weighted by molar-refractivity contribution is -0.123. The predicted octanol–water partition coefficient (Wildman–Crippen LogP) is 1.69. The molecule has 2 fully saturated rings. The van der Waals surface area contributed by atoms with E-state index in [2.05, 4.69) is 4.74 Å². The SMILES string of the molecule is CCOC(=O)N1CCN([C@H]2CC(=O)N(c3ccc(OC(F)F)cc3)C2=O)CC1. The topological polar surface area (TPSA) is 79.4 Å². The molecule has 2 saturated heterocycles. The average molecular weight is 397 g/mol. The number of ether oxygens (including phenoxy) is 2. The minimum atomic E-state index is -2.95. The highest BCUT2D eigenvalue weighted by atomic mass is 19.3. The van der Waals surface area contributed by atoms with E-state index in [0.29, 0.717) is 38.5 Å². The van der Waals surface area contributed by atoms with Crippen LogP contribution in [0.25, 0.3) is 0 Å². The van der Waals surface area contributed by atoms with Crippen molar-refractivity contribution in [3.05, 3.63) is 24.3 Å². The van der Waals surface area contributed by atoms with Gasteiger partial charge in [-0.15, -0.1) is 0 Å². The minimum Gasteiger partial charge on any atom is -0.450 e. The van der Waals surface area contributed by atoms with E-state index >= 15 is 0 Å². The molecule has 3 amide bonds. The van der Waals surface area contributed by atoms with Crippen LogP contribution in [0.1, 0.15) is 13.3 Å². The second kappa shape index (κ2) is 8.51. The Morgan fingerprint density at radius 2 is 1.79 bits per heavy atom. The zero-order valence-corrected chi connectivity index (χ0v) is 15.3. The number of nitrogens with zero attached hydrogens (tertiary/aromatic N) is 3. The Bertz CT molecular complexity index is 735. The van der Waals surface area contributed by atoms with E-state index in [0.717, 1.165) is 4.90 Å². The summed E-state index contributed by atoms with van der Waals surface area (Å²) in [5.74, 6) is -0.771. The van der Waals surface area contributed by atoms with Gasteiger partial charge in [0.25, 0.3) is 5.91 Å². The third kappa shape index (κ3) is 4.22. The van der Waals surface area contributed by atoms with Gasteiger partial charge >= 0.3 is 12.7 Å². The minimum absolute atomic E-state index is 0.0352. The number of carbonyl (C=O) groups is 3. The Balaban J connectivity index is 1.63. The number of halogens is 2. The van der Waals surface area contributed by atoms with Gasteiger partial charge in [-0.1, -0.05) is 0 Å². The molecule has 0 aromatic heterocycles. The number of anilines is 1. The van der Waals surface area contributed by atoms with Crippen LogP contribution in [0.3, 0.4) is 0 Å². The Morgan fingerprint density at radius 1 is 1.14 bits per heavy atom. The summed E-state index contributed by atoms with van der Waals surface area (Å²) in [6, 6.07) is 4.76. The van der Waals surface area contributed by atoms with Crippen LogP contribution in [0.15, 0.2) is 24.3 Å². The molecule has 152 valence electrons. The van der Waals surface area contributed by atoms with Gasteiger partial charge in [-0.3, -0.25) is 14.5 Å². The van der Waals surface area contributed by atoms with Crippen molar-refractivity contribution in [3.8, 4) is 5.75 Å². The summed E-state index contributed by atoms with van der Waals surface area (Å²) in [6.45, 7) is 0.822. The van der Waals surface area contributed by atoms with Crippen LogP contribution < -0.4 is 9.64 Å². The highest BCUT2D eigenvalue weighted by Crippen LogP contribution is 2.28. The Hall–Kier alpha value is -2.75. The number of carbonyl (C=O) groups excluding carboxylic acids is 3. The Morgan fingerprint density at radius 3 is 2.36 bits per heavy atom. The highest BCUT2D eigenvalue weighted by Gasteiger charge is 2.43. The van der Waals surface area contributed by atoms with Crippen molar-refractivity contribution in [2.75, 3.05) is 37.7 Å². The van der Waals surface area contributed by atoms with Crippen molar-refractivity contribution < 1.29 is 32.6 Å². The molecule has 1 aromatic carbocycles. The van der Waals surface area contributed by atoms with Crippen molar-refractivity contribution >= 4 is 23.6 Å². The molecule has 1 atom stereocenters. The van der Waals surface area contributed by atoms with Crippen LogP contribution >= 0.6 is 0 Å². The first-order valence-corrected chi connectivity index (χ1v) is 8.98. The van der Waals surface area contributed by atoms with E-state index in [1.54, 1.807) is 11.8 Å². The van der Waals surface area contributed by atoms with Crippen LogP contribution in [0, 0.1) is 0 Å². The number of amides is 3. The van der Waals surface area contributed by atoms with Crippen molar-refractivity contribution in [1.29, 1.82) is 0 Å². The van der Waals surface area contributed by atoms with E-state index in [9.17, 15) is 23.2 Å². The first-order chi connectivity index (χ1) is 13.4. The first-order valence-electron chi connectivity index (χ1n) is 8.98. The lowest BCUT2D eigenvalue weighted by Gasteiger charge is -2.36. The number of benzene rings is 1. The van der Waals surface area contributed by atoms with E-state index in [-0.39, 0.29) is 30.1 Å². The largest absolute Gasteiger partial charge is 0.450 e. The van der Waals surface area contributed by atoms with Gasteiger partial charge in [0.1, 0.15) is 5.75 Å². The molecule has 0 spiro atoms. The second-order valence-electron chi connectivity index (χ2n) is 6.38. The highest BCUT2D eigenvalue weighted by molar-refractivity contribution is 6.22. The molecule has 1 aromatic rings. The van der Waals surface area contributed by atoms with Gasteiger partial charge in [0.2, 0.25) is 5.91 Å². The van der Waals surface area contributed by atoms with Gasteiger partial charge in [-0.25, -0.2) is 9.69 Å². The quantitative estimate of drug-likeness (QED) is 0.704. The summed E-state index contributed by atoms with van der Waals surface area (Å²) in [4.78, 5) is 41.5. The summed E-state index contributed by atoms with van der Waals surface area (Å²) in [6.07, 6.45) is -0.350. The number of piperazine rings is 1. The van der Waals surface area contributed by atoms with Gasteiger partial charge in [-0.2, -0.15) is 8.78 Å². The molecule has 0 saturated carbocycles. The predicted molar refractivity (Wildman–Crippen MR) is 94.1 cm³/mol. The maximum Gasteiger partial charge on any atom is 0.409 e. The van der Waals surface area contributed by atoms with Crippen LogP contribution in [-0.2, 0) is 14.3 Å². The molecule has 2 aliphatic heterocycles. The summed E-state index contributed by atoms with van der Waals surface area (Å²) >= 11 is 0. The summed E-state index contributed by atoms with van der Waals surface area (Å²) < 4.78 is 33.7. The van der Waals surface area contributed by atoms with E-state index < -0.39 is 12.7 Å². The van der Waals surface area contributed by atoms with Crippen LogP contribution in [0.2, 0.25) is 0 Å². The molecule has 3 rings (SSSR count). The Labute approximate surface area is 160 Å². The van der Waals surface area contributed by atoms with Gasteiger partial charge < -0.3 is 14.4 Å². The van der Waals surface area contributed by atoms with E-state index in [1.165, 1.54) is 24.3 Å². The third-order valence-corrected chi connectivity index (χ3v) is 4.72. The van der Waals surface area contributed by atoms with Crippen molar-refractivity contribution in [2.24, 2.45) is 0 Å². The maximum atomic E-state index is 12.8. The summed E-state index contributed by atoms with van der Waals surface area (Å²) in [7, 11) is 0.